The Bertz CT molecular complexity index is 672. The molecular formula is C16H16ClN3O. The topological polar surface area (TPSA) is 53.2 Å². The summed E-state index contributed by atoms with van der Waals surface area (Å²) >= 11 is 5.89. The molecule has 0 atom stereocenters. The first kappa shape index (κ1) is 13.9. The Morgan fingerprint density at radius 3 is 2.67 bits per heavy atom. The van der Waals surface area contributed by atoms with Crippen molar-refractivity contribution >= 4 is 29.0 Å². The third-order valence-corrected chi connectivity index (χ3v) is 3.67. The normalized spacial score (nSPS) is 13.4. The lowest BCUT2D eigenvalue weighted by Gasteiger charge is -2.18. The SMILES string of the molecule is O=C(Nc1cccc(Cl)c1)Nc1ccc2c(c1)CNCC2. The average molecular weight is 302 g/mol. The Hall–Kier alpha value is -2.04. The van der Waals surface area contributed by atoms with Gasteiger partial charge in [-0.15, -0.1) is 0 Å². The molecule has 4 nitrogen and oxygen atoms in total. The quantitative estimate of drug-likeness (QED) is 0.793. The van der Waals surface area contributed by atoms with E-state index in [1.165, 1.54) is 11.1 Å². The maximum atomic E-state index is 12.0. The van der Waals surface area contributed by atoms with Gasteiger partial charge in [0.2, 0.25) is 0 Å². The number of hydrogen-bond donors (Lipinski definition) is 3. The van der Waals surface area contributed by atoms with Crippen molar-refractivity contribution in [3.8, 4) is 0 Å². The minimum atomic E-state index is -0.277. The molecule has 5 heteroatoms. The number of hydrogen-bond acceptors (Lipinski definition) is 2. The van der Waals surface area contributed by atoms with Gasteiger partial charge in [0.05, 0.1) is 0 Å². The summed E-state index contributed by atoms with van der Waals surface area (Å²) in [6.45, 7) is 1.86. The molecular weight excluding hydrogens is 286 g/mol. The molecule has 1 heterocycles. The van der Waals surface area contributed by atoms with Crippen molar-refractivity contribution in [1.82, 2.24) is 5.32 Å². The monoisotopic (exact) mass is 301 g/mol. The third-order valence-electron chi connectivity index (χ3n) is 3.43. The molecule has 1 aliphatic rings. The van der Waals surface area contributed by atoms with E-state index in [0.717, 1.165) is 25.2 Å². The lowest BCUT2D eigenvalue weighted by molar-refractivity contribution is 0.262. The van der Waals surface area contributed by atoms with E-state index in [4.69, 9.17) is 11.6 Å². The first-order chi connectivity index (χ1) is 10.2. The minimum absolute atomic E-state index is 0.277. The predicted molar refractivity (Wildman–Crippen MR) is 85.9 cm³/mol. The lowest BCUT2D eigenvalue weighted by atomic mass is 10.0. The molecule has 108 valence electrons. The predicted octanol–water partition coefficient (Wildman–Crippen LogP) is 3.63. The van der Waals surface area contributed by atoms with Gasteiger partial charge in [-0.05, 0) is 54.4 Å². The molecule has 0 unspecified atom stereocenters. The summed E-state index contributed by atoms with van der Waals surface area (Å²) in [5, 5.41) is 9.52. The molecule has 0 fully saturated rings. The fourth-order valence-electron chi connectivity index (χ4n) is 2.42. The highest BCUT2D eigenvalue weighted by Crippen LogP contribution is 2.20. The number of carbonyl (C=O) groups excluding carboxylic acids is 1. The van der Waals surface area contributed by atoms with Gasteiger partial charge in [0.25, 0.3) is 0 Å². The van der Waals surface area contributed by atoms with Crippen molar-refractivity contribution in [3.05, 3.63) is 58.6 Å². The van der Waals surface area contributed by atoms with E-state index >= 15 is 0 Å². The molecule has 2 aromatic carbocycles. The molecule has 3 N–H and O–H groups in total. The van der Waals surface area contributed by atoms with Gasteiger partial charge in [-0.2, -0.15) is 0 Å². The Balaban J connectivity index is 1.67. The van der Waals surface area contributed by atoms with Crippen LogP contribution in [0.25, 0.3) is 0 Å². The van der Waals surface area contributed by atoms with Crippen LogP contribution in [0.3, 0.4) is 0 Å². The van der Waals surface area contributed by atoms with Gasteiger partial charge in [-0.3, -0.25) is 0 Å². The third kappa shape index (κ3) is 3.54. The van der Waals surface area contributed by atoms with E-state index in [1.54, 1.807) is 24.3 Å². The molecule has 0 saturated carbocycles. The van der Waals surface area contributed by atoms with Crippen molar-refractivity contribution < 1.29 is 4.79 Å². The van der Waals surface area contributed by atoms with Crippen LogP contribution in [0.2, 0.25) is 5.02 Å². The number of fused-ring (bicyclic) bond motifs is 1. The average Bonchev–Trinajstić information content (AvgIpc) is 2.47. The standard InChI is InChI=1S/C16H16ClN3O/c17-13-2-1-3-14(9-13)19-16(21)20-15-5-4-11-6-7-18-10-12(11)8-15/h1-5,8-9,18H,6-7,10H2,(H2,19,20,21). The molecule has 3 rings (SSSR count). The molecule has 0 aliphatic carbocycles. The summed E-state index contributed by atoms with van der Waals surface area (Å²) in [5.74, 6) is 0. The number of urea groups is 1. The first-order valence-electron chi connectivity index (χ1n) is 6.87. The van der Waals surface area contributed by atoms with Crippen LogP contribution in [-0.4, -0.2) is 12.6 Å². The molecule has 0 aromatic heterocycles. The highest BCUT2D eigenvalue weighted by atomic mass is 35.5. The highest BCUT2D eigenvalue weighted by molar-refractivity contribution is 6.30. The number of anilines is 2. The smallest absolute Gasteiger partial charge is 0.312 e. The van der Waals surface area contributed by atoms with Crippen molar-refractivity contribution in [2.24, 2.45) is 0 Å². The molecule has 2 amide bonds. The summed E-state index contributed by atoms with van der Waals surface area (Å²) in [6, 6.07) is 12.8. The molecule has 2 aromatic rings. The summed E-state index contributed by atoms with van der Waals surface area (Å²) in [4.78, 5) is 12.0. The molecule has 0 radical (unpaired) electrons. The molecule has 0 saturated heterocycles. The number of amides is 2. The summed E-state index contributed by atoms with van der Waals surface area (Å²) < 4.78 is 0. The van der Waals surface area contributed by atoms with Gasteiger partial charge in [0, 0.05) is 22.9 Å². The second-order valence-electron chi connectivity index (χ2n) is 5.00. The fourth-order valence-corrected chi connectivity index (χ4v) is 2.61. The zero-order chi connectivity index (χ0) is 14.7. The number of nitrogens with one attached hydrogen (secondary N) is 3. The van der Waals surface area contributed by atoms with Gasteiger partial charge in [0.1, 0.15) is 0 Å². The van der Waals surface area contributed by atoms with Crippen LogP contribution in [0.5, 0.6) is 0 Å². The van der Waals surface area contributed by atoms with E-state index in [0.29, 0.717) is 10.7 Å². The van der Waals surface area contributed by atoms with Crippen LogP contribution >= 0.6 is 11.6 Å². The van der Waals surface area contributed by atoms with Gasteiger partial charge in [0.15, 0.2) is 0 Å². The second kappa shape index (κ2) is 6.16. The maximum Gasteiger partial charge on any atom is 0.323 e. The largest absolute Gasteiger partial charge is 0.323 e. The molecule has 0 spiro atoms. The van der Waals surface area contributed by atoms with Crippen LogP contribution in [0.4, 0.5) is 16.2 Å². The van der Waals surface area contributed by atoms with Crippen molar-refractivity contribution in [2.45, 2.75) is 13.0 Å². The molecule has 21 heavy (non-hydrogen) atoms. The Morgan fingerprint density at radius 1 is 1.05 bits per heavy atom. The Morgan fingerprint density at radius 2 is 1.86 bits per heavy atom. The number of rotatable bonds is 2. The van der Waals surface area contributed by atoms with Crippen molar-refractivity contribution in [1.29, 1.82) is 0 Å². The maximum absolute atomic E-state index is 12.0. The summed E-state index contributed by atoms with van der Waals surface area (Å²) in [7, 11) is 0. The first-order valence-corrected chi connectivity index (χ1v) is 7.24. The van der Waals surface area contributed by atoms with Crippen molar-refractivity contribution in [3.63, 3.8) is 0 Å². The number of carbonyl (C=O) groups is 1. The van der Waals surface area contributed by atoms with Crippen LogP contribution in [-0.2, 0) is 13.0 Å². The lowest BCUT2D eigenvalue weighted by Crippen LogP contribution is -2.24. The van der Waals surface area contributed by atoms with E-state index in [-0.39, 0.29) is 6.03 Å². The van der Waals surface area contributed by atoms with E-state index < -0.39 is 0 Å². The van der Waals surface area contributed by atoms with E-state index in [9.17, 15) is 4.79 Å². The zero-order valence-corrected chi connectivity index (χ0v) is 12.2. The van der Waals surface area contributed by atoms with Gasteiger partial charge in [-0.25, -0.2) is 4.79 Å². The van der Waals surface area contributed by atoms with E-state index in [1.807, 2.05) is 12.1 Å². The summed E-state index contributed by atoms with van der Waals surface area (Å²) in [5.41, 5.74) is 4.04. The van der Waals surface area contributed by atoms with Crippen LogP contribution in [0.15, 0.2) is 42.5 Å². The van der Waals surface area contributed by atoms with E-state index in [2.05, 4.69) is 22.0 Å². The molecule has 0 bridgehead atoms. The van der Waals surface area contributed by atoms with Gasteiger partial charge >= 0.3 is 6.03 Å². The number of benzene rings is 2. The minimum Gasteiger partial charge on any atom is -0.312 e. The molecule has 1 aliphatic heterocycles. The highest BCUT2D eigenvalue weighted by Gasteiger charge is 2.10. The Labute approximate surface area is 128 Å². The zero-order valence-electron chi connectivity index (χ0n) is 11.4. The summed E-state index contributed by atoms with van der Waals surface area (Å²) in [6.07, 6.45) is 1.03. The number of halogens is 1. The van der Waals surface area contributed by atoms with Crippen LogP contribution in [0.1, 0.15) is 11.1 Å². The van der Waals surface area contributed by atoms with Crippen molar-refractivity contribution in [2.75, 3.05) is 17.2 Å². The van der Waals surface area contributed by atoms with Gasteiger partial charge in [-0.1, -0.05) is 23.7 Å². The van der Waals surface area contributed by atoms with Crippen LogP contribution < -0.4 is 16.0 Å². The van der Waals surface area contributed by atoms with Gasteiger partial charge < -0.3 is 16.0 Å². The second-order valence-corrected chi connectivity index (χ2v) is 5.44. The van der Waals surface area contributed by atoms with Crippen LogP contribution in [0, 0.1) is 0 Å². The Kier molecular flexibility index (Phi) is 4.08. The fraction of sp³-hybridized carbons (Fsp3) is 0.188.